The van der Waals surface area contributed by atoms with Crippen LogP contribution in [0.25, 0.3) is 0 Å². The van der Waals surface area contributed by atoms with Crippen molar-refractivity contribution in [1.82, 2.24) is 14.8 Å². The molecule has 2 heterocycles. The van der Waals surface area contributed by atoms with E-state index in [9.17, 15) is 14.7 Å². The highest BCUT2D eigenvalue weighted by atomic mass is 16.5. The number of carbonyl (C=O) groups excluding carboxylic acids is 2. The van der Waals surface area contributed by atoms with E-state index in [2.05, 4.69) is 16.8 Å². The van der Waals surface area contributed by atoms with E-state index in [1.165, 1.54) is 0 Å². The number of hydrogen-bond acceptors (Lipinski definition) is 6. The lowest BCUT2D eigenvalue weighted by Crippen LogP contribution is -2.51. The summed E-state index contributed by atoms with van der Waals surface area (Å²) in [6.45, 7) is 4.42. The van der Waals surface area contributed by atoms with Gasteiger partial charge < -0.3 is 24.4 Å². The fourth-order valence-electron chi connectivity index (χ4n) is 4.56. The first kappa shape index (κ1) is 26.5. The quantitative estimate of drug-likeness (QED) is 0.607. The van der Waals surface area contributed by atoms with E-state index in [0.29, 0.717) is 30.0 Å². The molecule has 8 heteroatoms. The Morgan fingerprint density at radius 2 is 2.05 bits per heavy atom. The molecular formula is C29H35N3O5. The summed E-state index contributed by atoms with van der Waals surface area (Å²) in [6, 6.07) is 8.72. The molecular weight excluding hydrogens is 470 g/mol. The number of fused-ring (bicyclic) bond motifs is 1. The maximum atomic E-state index is 13.6. The fourth-order valence-corrected chi connectivity index (χ4v) is 4.56. The first-order valence-corrected chi connectivity index (χ1v) is 12.8. The Labute approximate surface area is 218 Å². The third-order valence-corrected chi connectivity index (χ3v) is 7.23. The summed E-state index contributed by atoms with van der Waals surface area (Å²) in [5, 5.41) is 9.86. The largest absolute Gasteiger partial charge is 0.497 e. The third-order valence-electron chi connectivity index (χ3n) is 7.23. The maximum absolute atomic E-state index is 13.6. The molecule has 1 aliphatic carbocycles. The van der Waals surface area contributed by atoms with Crippen molar-refractivity contribution in [3.8, 4) is 23.5 Å². The number of likely N-dealkylation sites (N-methyl/N-ethyl adjacent to an activating group) is 1. The highest BCUT2D eigenvalue weighted by Gasteiger charge is 2.36. The minimum Gasteiger partial charge on any atom is -0.497 e. The number of nitrogens with zero attached hydrogens (tertiary/aromatic N) is 3. The average molecular weight is 506 g/mol. The van der Waals surface area contributed by atoms with E-state index in [4.69, 9.17) is 9.47 Å². The second kappa shape index (κ2) is 11.7. The number of hydrogen-bond donors (Lipinski definition) is 1. The smallest absolute Gasteiger partial charge is 0.259 e. The van der Waals surface area contributed by atoms with Crippen LogP contribution in [0, 0.1) is 23.7 Å². The van der Waals surface area contributed by atoms with Gasteiger partial charge in [0.1, 0.15) is 17.4 Å². The standard InChI is InChI=1S/C29H35N3O5/c1-19-16-32(20(2)18-33)29(35)25-14-22(12-11-21-7-5-10-24(13-21)36-4)15-30-27(25)37-26(19)17-31(3)28(34)23-8-6-9-23/h5,7,10,13-15,19-20,23,26,33H,6,8-9,16-18H2,1-4H3/t19-,20-,26+/m1/s1. The first-order valence-electron chi connectivity index (χ1n) is 12.8. The molecule has 1 aromatic carbocycles. The molecule has 2 aliphatic rings. The van der Waals surface area contributed by atoms with Gasteiger partial charge >= 0.3 is 0 Å². The Bertz CT molecular complexity index is 1200. The van der Waals surface area contributed by atoms with Crippen LogP contribution in [0.3, 0.4) is 0 Å². The van der Waals surface area contributed by atoms with Gasteiger partial charge in [-0.25, -0.2) is 4.98 Å². The number of aliphatic hydroxyl groups is 1. The van der Waals surface area contributed by atoms with Crippen LogP contribution in [0.2, 0.25) is 0 Å². The van der Waals surface area contributed by atoms with E-state index < -0.39 is 0 Å². The van der Waals surface area contributed by atoms with Crippen molar-refractivity contribution < 1.29 is 24.2 Å². The van der Waals surface area contributed by atoms with Crippen LogP contribution in [0.4, 0.5) is 0 Å². The number of aliphatic hydroxyl groups excluding tert-OH is 1. The molecule has 4 rings (SSSR count). The minimum absolute atomic E-state index is 0.0860. The topological polar surface area (TPSA) is 92.2 Å². The molecule has 2 aromatic rings. The molecule has 196 valence electrons. The van der Waals surface area contributed by atoms with Gasteiger partial charge in [0.05, 0.1) is 26.3 Å². The van der Waals surface area contributed by atoms with Crippen molar-refractivity contribution in [3.63, 3.8) is 0 Å². The summed E-state index contributed by atoms with van der Waals surface area (Å²) in [4.78, 5) is 34.2. The number of methoxy groups -OCH3 is 1. The van der Waals surface area contributed by atoms with Gasteiger partial charge in [0.2, 0.25) is 11.8 Å². The van der Waals surface area contributed by atoms with Gasteiger partial charge in [-0.2, -0.15) is 0 Å². The molecule has 0 unspecified atom stereocenters. The van der Waals surface area contributed by atoms with Gasteiger partial charge in [-0.1, -0.05) is 31.3 Å². The lowest BCUT2D eigenvalue weighted by Gasteiger charge is -2.38. The molecule has 1 aromatic heterocycles. The first-order chi connectivity index (χ1) is 17.8. The lowest BCUT2D eigenvalue weighted by molar-refractivity contribution is -0.138. The van der Waals surface area contributed by atoms with Crippen LogP contribution in [0.15, 0.2) is 36.5 Å². The van der Waals surface area contributed by atoms with Gasteiger partial charge in [0.15, 0.2) is 0 Å². The van der Waals surface area contributed by atoms with Crippen molar-refractivity contribution in [2.24, 2.45) is 11.8 Å². The Hall–Kier alpha value is -3.57. The second-order valence-electron chi connectivity index (χ2n) is 10.0. The molecule has 0 radical (unpaired) electrons. The fraction of sp³-hybridized carbons (Fsp3) is 0.483. The van der Waals surface area contributed by atoms with Gasteiger partial charge in [-0.05, 0) is 44.0 Å². The van der Waals surface area contributed by atoms with E-state index in [1.807, 2.05) is 38.1 Å². The molecule has 0 bridgehead atoms. The minimum atomic E-state index is -0.387. The summed E-state index contributed by atoms with van der Waals surface area (Å²) >= 11 is 0. The summed E-state index contributed by atoms with van der Waals surface area (Å²) < 4.78 is 11.6. The lowest BCUT2D eigenvalue weighted by atomic mass is 9.84. The zero-order chi connectivity index (χ0) is 26.5. The highest BCUT2D eigenvalue weighted by Crippen LogP contribution is 2.30. The SMILES string of the molecule is COc1cccc(C#Cc2cnc3c(c2)C(=O)N([C@H](C)CO)C[C@@H](C)[C@H](CN(C)C(=O)C2CCC2)O3)c1. The molecule has 0 saturated heterocycles. The number of aromatic nitrogens is 1. The van der Waals surface area contributed by atoms with Crippen molar-refractivity contribution in [2.75, 3.05) is 33.9 Å². The average Bonchev–Trinajstić information content (AvgIpc) is 2.88. The van der Waals surface area contributed by atoms with Crippen molar-refractivity contribution in [2.45, 2.75) is 45.3 Å². The molecule has 2 amide bonds. The van der Waals surface area contributed by atoms with E-state index in [1.54, 1.807) is 36.2 Å². The van der Waals surface area contributed by atoms with Gasteiger partial charge in [-0.3, -0.25) is 9.59 Å². The van der Waals surface area contributed by atoms with Crippen LogP contribution in [-0.2, 0) is 4.79 Å². The number of benzene rings is 1. The van der Waals surface area contributed by atoms with Gasteiger partial charge in [0, 0.05) is 42.8 Å². The van der Waals surface area contributed by atoms with Crippen molar-refractivity contribution in [3.05, 3.63) is 53.2 Å². The summed E-state index contributed by atoms with van der Waals surface area (Å²) in [5.74, 6) is 6.96. The number of rotatable bonds is 6. The zero-order valence-electron chi connectivity index (χ0n) is 21.9. The normalized spacial score (nSPS) is 20.2. The third kappa shape index (κ3) is 6.05. The Balaban J connectivity index is 1.64. The van der Waals surface area contributed by atoms with Crippen LogP contribution in [-0.4, -0.2) is 77.7 Å². The molecule has 37 heavy (non-hydrogen) atoms. The van der Waals surface area contributed by atoms with Gasteiger partial charge in [0.25, 0.3) is 5.91 Å². The Morgan fingerprint density at radius 3 is 2.73 bits per heavy atom. The number of pyridine rings is 1. The van der Waals surface area contributed by atoms with E-state index >= 15 is 0 Å². The zero-order valence-corrected chi connectivity index (χ0v) is 21.9. The molecule has 0 spiro atoms. The number of ether oxygens (including phenoxy) is 2. The van der Waals surface area contributed by atoms with E-state index in [-0.39, 0.29) is 48.3 Å². The predicted octanol–water partition coefficient (Wildman–Crippen LogP) is 2.97. The highest BCUT2D eigenvalue weighted by molar-refractivity contribution is 5.97. The van der Waals surface area contributed by atoms with E-state index in [0.717, 1.165) is 24.8 Å². The van der Waals surface area contributed by atoms with Crippen LogP contribution in [0.5, 0.6) is 11.6 Å². The second-order valence-corrected chi connectivity index (χ2v) is 10.0. The monoisotopic (exact) mass is 505 g/mol. The Morgan fingerprint density at radius 1 is 1.30 bits per heavy atom. The van der Waals surface area contributed by atoms with Crippen LogP contribution >= 0.6 is 0 Å². The van der Waals surface area contributed by atoms with Crippen LogP contribution in [0.1, 0.15) is 54.6 Å². The van der Waals surface area contributed by atoms with Crippen molar-refractivity contribution in [1.29, 1.82) is 0 Å². The van der Waals surface area contributed by atoms with Crippen LogP contribution < -0.4 is 9.47 Å². The summed E-state index contributed by atoms with van der Waals surface area (Å²) in [5.41, 5.74) is 1.64. The maximum Gasteiger partial charge on any atom is 0.259 e. The van der Waals surface area contributed by atoms with Crippen molar-refractivity contribution >= 4 is 11.8 Å². The summed E-state index contributed by atoms with van der Waals surface area (Å²) in [7, 11) is 3.41. The number of carbonyl (C=O) groups is 2. The molecule has 1 N–H and O–H groups in total. The Kier molecular flexibility index (Phi) is 8.34. The van der Waals surface area contributed by atoms with Gasteiger partial charge in [-0.15, -0.1) is 0 Å². The summed E-state index contributed by atoms with van der Waals surface area (Å²) in [6.07, 6.45) is 4.19. The molecule has 1 aliphatic heterocycles. The molecule has 8 nitrogen and oxygen atoms in total. The predicted molar refractivity (Wildman–Crippen MR) is 139 cm³/mol. The molecule has 3 atom stereocenters. The molecule has 1 fully saturated rings. The number of amides is 2. The molecule has 1 saturated carbocycles.